The lowest BCUT2D eigenvalue weighted by Gasteiger charge is -2.21. The summed E-state index contributed by atoms with van der Waals surface area (Å²) in [5, 5.41) is 0. The number of hydrogen-bond acceptors (Lipinski definition) is 4. The Hall–Kier alpha value is -1.73. The summed E-state index contributed by atoms with van der Waals surface area (Å²) in [5.74, 6) is -0.566. The Morgan fingerprint density at radius 2 is 2.08 bits per heavy atom. The molecule has 6 nitrogen and oxygen atoms in total. The van der Waals surface area contributed by atoms with Gasteiger partial charge in [-0.2, -0.15) is 0 Å². The first kappa shape index (κ1) is 18.1. The Balaban J connectivity index is 1.50. The molecule has 1 atom stereocenters. The van der Waals surface area contributed by atoms with Crippen LogP contribution in [0.15, 0.2) is 22.7 Å². The Bertz CT molecular complexity index is 700. The lowest BCUT2D eigenvalue weighted by atomic mass is 10.1. The molecule has 1 aromatic rings. The molecule has 3 amide bonds. The molecule has 0 radical (unpaired) electrons. The quantitative estimate of drug-likeness (QED) is 0.678. The molecule has 0 N–H and O–H groups in total. The second-order valence-corrected chi connectivity index (χ2v) is 7.38. The minimum atomic E-state index is -0.290. The average molecular weight is 409 g/mol. The summed E-state index contributed by atoms with van der Waals surface area (Å²) in [7, 11) is 1.77. The van der Waals surface area contributed by atoms with Crippen LogP contribution in [0.2, 0.25) is 0 Å². The van der Waals surface area contributed by atoms with Crippen molar-refractivity contribution in [2.75, 3.05) is 26.7 Å². The molecule has 0 aliphatic carbocycles. The van der Waals surface area contributed by atoms with Crippen LogP contribution in [0.3, 0.4) is 0 Å². The second-order valence-electron chi connectivity index (χ2n) is 6.46. The van der Waals surface area contributed by atoms with Crippen LogP contribution in [0.5, 0.6) is 0 Å². The maximum atomic E-state index is 12.4. The van der Waals surface area contributed by atoms with Crippen molar-refractivity contribution in [2.45, 2.75) is 31.8 Å². The predicted molar refractivity (Wildman–Crippen MR) is 95.4 cm³/mol. The van der Waals surface area contributed by atoms with Crippen molar-refractivity contribution in [1.82, 2.24) is 9.80 Å². The molecular weight excluding hydrogens is 388 g/mol. The van der Waals surface area contributed by atoms with Crippen LogP contribution in [-0.2, 0) is 9.53 Å². The fourth-order valence-electron chi connectivity index (χ4n) is 3.24. The zero-order valence-electron chi connectivity index (χ0n) is 14.2. The number of carbonyl (C=O) groups excluding carboxylic acids is 3. The number of carbonyl (C=O) groups is 3. The molecule has 2 heterocycles. The average Bonchev–Trinajstić information content (AvgIpc) is 3.17. The number of halogens is 1. The molecule has 2 aliphatic rings. The van der Waals surface area contributed by atoms with Crippen molar-refractivity contribution in [3.8, 4) is 0 Å². The normalized spacial score (nSPS) is 19.4. The molecule has 1 saturated heterocycles. The lowest BCUT2D eigenvalue weighted by molar-refractivity contribution is -0.131. The molecular formula is C18H21BrN2O4. The van der Waals surface area contributed by atoms with E-state index in [1.54, 1.807) is 30.1 Å². The van der Waals surface area contributed by atoms with Gasteiger partial charge in [-0.05, 0) is 37.5 Å². The van der Waals surface area contributed by atoms with E-state index in [1.165, 1.54) is 4.90 Å². The Labute approximate surface area is 155 Å². The van der Waals surface area contributed by atoms with E-state index >= 15 is 0 Å². The van der Waals surface area contributed by atoms with Crippen molar-refractivity contribution in [2.24, 2.45) is 0 Å². The monoisotopic (exact) mass is 408 g/mol. The molecule has 25 heavy (non-hydrogen) atoms. The van der Waals surface area contributed by atoms with Crippen LogP contribution >= 0.6 is 15.9 Å². The van der Waals surface area contributed by atoms with Gasteiger partial charge in [-0.25, -0.2) is 0 Å². The number of hydrogen-bond donors (Lipinski definition) is 0. The predicted octanol–water partition coefficient (Wildman–Crippen LogP) is 2.46. The topological polar surface area (TPSA) is 66.9 Å². The highest BCUT2D eigenvalue weighted by Gasteiger charge is 2.35. The number of ether oxygens (including phenoxy) is 1. The number of likely N-dealkylation sites (N-methyl/N-ethyl adjacent to an activating group) is 1. The molecule has 1 aromatic carbocycles. The van der Waals surface area contributed by atoms with E-state index in [-0.39, 0.29) is 30.4 Å². The number of rotatable bonds is 6. The minimum absolute atomic E-state index is 0.00912. The highest BCUT2D eigenvalue weighted by atomic mass is 79.9. The largest absolute Gasteiger partial charge is 0.376 e. The summed E-state index contributed by atoms with van der Waals surface area (Å²) >= 11 is 3.31. The van der Waals surface area contributed by atoms with Gasteiger partial charge in [0.05, 0.1) is 17.2 Å². The molecule has 0 spiro atoms. The smallest absolute Gasteiger partial charge is 0.261 e. The molecule has 0 aromatic heterocycles. The van der Waals surface area contributed by atoms with Crippen molar-refractivity contribution in [3.63, 3.8) is 0 Å². The van der Waals surface area contributed by atoms with E-state index in [0.717, 1.165) is 23.9 Å². The Morgan fingerprint density at radius 1 is 1.32 bits per heavy atom. The van der Waals surface area contributed by atoms with Gasteiger partial charge in [0.15, 0.2) is 0 Å². The zero-order valence-corrected chi connectivity index (χ0v) is 15.8. The van der Waals surface area contributed by atoms with E-state index in [0.29, 0.717) is 30.5 Å². The van der Waals surface area contributed by atoms with Gasteiger partial charge in [0, 0.05) is 37.6 Å². The van der Waals surface area contributed by atoms with E-state index in [1.807, 2.05) is 0 Å². The van der Waals surface area contributed by atoms with E-state index in [4.69, 9.17) is 4.74 Å². The highest BCUT2D eigenvalue weighted by molar-refractivity contribution is 9.10. The van der Waals surface area contributed by atoms with Gasteiger partial charge in [-0.3, -0.25) is 19.3 Å². The molecule has 0 saturated carbocycles. The van der Waals surface area contributed by atoms with Crippen LogP contribution in [0, 0.1) is 0 Å². The summed E-state index contributed by atoms with van der Waals surface area (Å²) in [6, 6.07) is 5.06. The number of benzene rings is 1. The summed E-state index contributed by atoms with van der Waals surface area (Å²) in [5.41, 5.74) is 0.844. The van der Waals surface area contributed by atoms with Crippen molar-refractivity contribution in [1.29, 1.82) is 0 Å². The molecule has 1 fully saturated rings. The van der Waals surface area contributed by atoms with Gasteiger partial charge in [0.1, 0.15) is 0 Å². The summed E-state index contributed by atoms with van der Waals surface area (Å²) in [6.45, 7) is 1.62. The SMILES string of the molecule is CN(CC1CCCO1)C(=O)CCCN1C(=O)c2ccc(Br)cc2C1=O. The van der Waals surface area contributed by atoms with Gasteiger partial charge >= 0.3 is 0 Å². The summed E-state index contributed by atoms with van der Waals surface area (Å²) in [6.07, 6.45) is 2.93. The van der Waals surface area contributed by atoms with Gasteiger partial charge in [0.2, 0.25) is 5.91 Å². The maximum Gasteiger partial charge on any atom is 0.261 e. The van der Waals surface area contributed by atoms with E-state index in [2.05, 4.69) is 15.9 Å². The van der Waals surface area contributed by atoms with E-state index < -0.39 is 0 Å². The van der Waals surface area contributed by atoms with Gasteiger partial charge in [-0.1, -0.05) is 15.9 Å². The third-order valence-electron chi connectivity index (χ3n) is 4.63. The molecule has 0 bridgehead atoms. The molecule has 2 aliphatic heterocycles. The Kier molecular flexibility index (Phi) is 5.54. The lowest BCUT2D eigenvalue weighted by Crippen LogP contribution is -2.35. The van der Waals surface area contributed by atoms with E-state index in [9.17, 15) is 14.4 Å². The summed E-state index contributed by atoms with van der Waals surface area (Å²) < 4.78 is 6.30. The van der Waals surface area contributed by atoms with Crippen LogP contribution in [0.4, 0.5) is 0 Å². The van der Waals surface area contributed by atoms with Crippen molar-refractivity contribution in [3.05, 3.63) is 33.8 Å². The zero-order chi connectivity index (χ0) is 18.0. The summed E-state index contributed by atoms with van der Waals surface area (Å²) in [4.78, 5) is 39.8. The highest BCUT2D eigenvalue weighted by Crippen LogP contribution is 2.26. The first-order valence-electron chi connectivity index (χ1n) is 8.48. The fraction of sp³-hybridized carbons (Fsp3) is 0.500. The molecule has 1 unspecified atom stereocenters. The van der Waals surface area contributed by atoms with Crippen LogP contribution < -0.4 is 0 Å². The Morgan fingerprint density at radius 3 is 2.80 bits per heavy atom. The van der Waals surface area contributed by atoms with Crippen LogP contribution in [-0.4, -0.2) is 60.4 Å². The molecule has 7 heteroatoms. The standard InChI is InChI=1S/C18H21BrN2O4/c1-20(11-13-4-3-9-25-13)16(22)5-2-8-21-17(23)14-7-6-12(19)10-15(14)18(21)24/h6-7,10,13H,2-5,8-9,11H2,1H3. The molecule has 3 rings (SSSR count). The van der Waals surface area contributed by atoms with Crippen molar-refractivity contribution >= 4 is 33.7 Å². The first-order valence-corrected chi connectivity index (χ1v) is 9.28. The third-order valence-corrected chi connectivity index (χ3v) is 5.13. The van der Waals surface area contributed by atoms with Gasteiger partial charge in [0.25, 0.3) is 11.8 Å². The number of amides is 3. The van der Waals surface area contributed by atoms with Crippen molar-refractivity contribution < 1.29 is 19.1 Å². The second kappa shape index (κ2) is 7.66. The fourth-order valence-corrected chi connectivity index (χ4v) is 3.60. The molecule has 134 valence electrons. The maximum absolute atomic E-state index is 12.4. The van der Waals surface area contributed by atoms with Crippen LogP contribution in [0.25, 0.3) is 0 Å². The van der Waals surface area contributed by atoms with Gasteiger partial charge < -0.3 is 9.64 Å². The first-order chi connectivity index (χ1) is 12.0. The minimum Gasteiger partial charge on any atom is -0.376 e. The number of fused-ring (bicyclic) bond motifs is 1. The number of nitrogens with zero attached hydrogens (tertiary/aromatic N) is 2. The third kappa shape index (κ3) is 3.93. The van der Waals surface area contributed by atoms with Crippen LogP contribution in [0.1, 0.15) is 46.4 Å². The van der Waals surface area contributed by atoms with Gasteiger partial charge in [-0.15, -0.1) is 0 Å². The number of imide groups is 1.